The number of imidazole rings is 1. The molecule has 0 aliphatic heterocycles. The molecule has 0 aliphatic rings. The van der Waals surface area contributed by atoms with E-state index in [0.717, 1.165) is 0 Å². The smallest absolute Gasteiger partial charge is 0.329 e. The lowest BCUT2D eigenvalue weighted by atomic mass is 10.1. The summed E-state index contributed by atoms with van der Waals surface area (Å²) in [6, 6.07) is 0.552. The van der Waals surface area contributed by atoms with Crippen LogP contribution in [0.25, 0.3) is 0 Å². The summed E-state index contributed by atoms with van der Waals surface area (Å²) in [5, 5.41) is 22.3. The monoisotopic (exact) mass is 348 g/mol. The van der Waals surface area contributed by atoms with Crippen LogP contribution in [0.4, 0.5) is 24.5 Å². The van der Waals surface area contributed by atoms with Gasteiger partial charge in [0, 0.05) is 31.6 Å². The number of aryl methyl sites for hydroxylation is 1. The maximum atomic E-state index is 12.8. The Bertz CT molecular complexity index is 755. The largest absolute Gasteiger partial charge is 0.416 e. The summed E-state index contributed by atoms with van der Waals surface area (Å²) in [6.45, 7) is 0. The predicted octanol–water partition coefficient (Wildman–Crippen LogP) is 3.41. The van der Waals surface area contributed by atoms with Gasteiger partial charge in [0.15, 0.2) is 10.1 Å². The predicted molar refractivity (Wildman–Crippen MR) is 72.1 cm³/mol. The van der Waals surface area contributed by atoms with Crippen LogP contribution in [-0.4, -0.2) is 19.4 Å². The summed E-state index contributed by atoms with van der Waals surface area (Å²) in [6.07, 6.45) is -2.10. The first-order chi connectivity index (χ1) is 10.6. The van der Waals surface area contributed by atoms with Gasteiger partial charge in [0.2, 0.25) is 0 Å². The van der Waals surface area contributed by atoms with Crippen molar-refractivity contribution in [2.75, 3.05) is 0 Å². The molecule has 23 heavy (non-hydrogen) atoms. The second kappa shape index (κ2) is 5.87. The fourth-order valence-corrected chi connectivity index (χ4v) is 2.66. The minimum absolute atomic E-state index is 0.163. The normalized spacial score (nSPS) is 11.5. The Morgan fingerprint density at radius 3 is 2.04 bits per heavy atom. The molecule has 0 unspecified atom stereocenters. The maximum Gasteiger partial charge on any atom is 0.416 e. The number of halogens is 3. The van der Waals surface area contributed by atoms with E-state index in [1.807, 2.05) is 0 Å². The molecule has 1 aromatic heterocycles. The zero-order valence-corrected chi connectivity index (χ0v) is 12.1. The van der Waals surface area contributed by atoms with Gasteiger partial charge in [0.1, 0.15) is 0 Å². The number of nitrogens with zero attached hydrogens (tertiary/aromatic N) is 4. The van der Waals surface area contributed by atoms with E-state index in [9.17, 15) is 33.4 Å². The van der Waals surface area contributed by atoms with Gasteiger partial charge in [-0.3, -0.25) is 20.2 Å². The van der Waals surface area contributed by atoms with E-state index in [1.54, 1.807) is 0 Å². The highest BCUT2D eigenvalue weighted by atomic mass is 32.2. The summed E-state index contributed by atoms with van der Waals surface area (Å²) in [7, 11) is 1.54. The standard InChI is InChI=1S/C11H7F3N4O4S/c1-16-3-2-15-10(16)23-9-7(17(19)20)4-6(11(12,13)14)5-8(9)18(21)22/h2-5H,1H3. The highest BCUT2D eigenvalue weighted by molar-refractivity contribution is 7.99. The number of benzene rings is 1. The van der Waals surface area contributed by atoms with Gasteiger partial charge in [-0.2, -0.15) is 13.2 Å². The lowest BCUT2D eigenvalue weighted by molar-refractivity contribution is -0.400. The molecular weight excluding hydrogens is 341 g/mol. The first-order valence-electron chi connectivity index (χ1n) is 5.80. The van der Waals surface area contributed by atoms with E-state index in [-0.39, 0.29) is 17.3 Å². The molecule has 8 nitrogen and oxygen atoms in total. The van der Waals surface area contributed by atoms with E-state index in [0.29, 0.717) is 11.8 Å². The van der Waals surface area contributed by atoms with Crippen LogP contribution in [0.1, 0.15) is 5.56 Å². The third kappa shape index (κ3) is 3.41. The zero-order chi connectivity index (χ0) is 17.4. The Balaban J connectivity index is 2.70. The van der Waals surface area contributed by atoms with Crippen LogP contribution < -0.4 is 0 Å². The van der Waals surface area contributed by atoms with Gasteiger partial charge < -0.3 is 4.57 Å². The van der Waals surface area contributed by atoms with Gasteiger partial charge in [-0.25, -0.2) is 4.98 Å². The van der Waals surface area contributed by atoms with Crippen molar-refractivity contribution in [3.05, 3.63) is 50.3 Å². The lowest BCUT2D eigenvalue weighted by Crippen LogP contribution is -2.08. The summed E-state index contributed by atoms with van der Waals surface area (Å²) >= 11 is 0.551. The van der Waals surface area contributed by atoms with Crippen molar-refractivity contribution in [1.82, 2.24) is 9.55 Å². The van der Waals surface area contributed by atoms with E-state index in [2.05, 4.69) is 4.98 Å². The van der Waals surface area contributed by atoms with Gasteiger partial charge in [-0.05, 0) is 11.8 Å². The molecule has 2 aromatic rings. The lowest BCUT2D eigenvalue weighted by Gasteiger charge is -2.09. The molecule has 0 fully saturated rings. The fourth-order valence-electron chi connectivity index (χ4n) is 1.68. The fraction of sp³-hybridized carbons (Fsp3) is 0.182. The Kier molecular flexibility index (Phi) is 4.27. The molecule has 0 amide bonds. The SMILES string of the molecule is Cn1ccnc1Sc1c([N+](=O)[O-])cc(C(F)(F)F)cc1[N+](=O)[O-]. The van der Waals surface area contributed by atoms with Gasteiger partial charge in [0.25, 0.3) is 11.4 Å². The molecule has 12 heteroatoms. The van der Waals surface area contributed by atoms with Gasteiger partial charge >= 0.3 is 6.18 Å². The summed E-state index contributed by atoms with van der Waals surface area (Å²) in [5.74, 6) is 0. The van der Waals surface area contributed by atoms with Crippen LogP contribution >= 0.6 is 11.8 Å². The first-order valence-corrected chi connectivity index (χ1v) is 6.62. The van der Waals surface area contributed by atoms with Crippen LogP contribution in [0.3, 0.4) is 0 Å². The number of alkyl halides is 3. The maximum absolute atomic E-state index is 12.8. The van der Waals surface area contributed by atoms with Crippen LogP contribution in [0.2, 0.25) is 0 Å². The molecule has 0 atom stereocenters. The highest BCUT2D eigenvalue weighted by Gasteiger charge is 2.38. The van der Waals surface area contributed by atoms with Crippen LogP contribution in [0.15, 0.2) is 34.6 Å². The topological polar surface area (TPSA) is 104 Å². The van der Waals surface area contributed by atoms with Gasteiger partial charge in [-0.15, -0.1) is 0 Å². The van der Waals surface area contributed by atoms with Crippen molar-refractivity contribution in [1.29, 1.82) is 0 Å². The summed E-state index contributed by atoms with van der Waals surface area (Å²) in [4.78, 5) is 23.3. The average Bonchev–Trinajstić information content (AvgIpc) is 2.82. The molecule has 0 aliphatic carbocycles. The third-order valence-electron chi connectivity index (χ3n) is 2.74. The number of rotatable bonds is 4. The minimum atomic E-state index is -4.94. The van der Waals surface area contributed by atoms with Crippen molar-refractivity contribution in [2.24, 2.45) is 7.05 Å². The molecule has 1 heterocycles. The molecule has 122 valence electrons. The second-order valence-corrected chi connectivity index (χ2v) is 5.26. The minimum Gasteiger partial charge on any atom is -0.329 e. The molecule has 0 N–H and O–H groups in total. The van der Waals surface area contributed by atoms with Crippen LogP contribution in [0, 0.1) is 20.2 Å². The molecule has 1 aromatic carbocycles. The Hall–Kier alpha value is -2.63. The van der Waals surface area contributed by atoms with Gasteiger partial charge in [-0.1, -0.05) is 0 Å². The summed E-state index contributed by atoms with van der Waals surface area (Å²) in [5.41, 5.74) is -3.46. The van der Waals surface area contributed by atoms with E-state index < -0.39 is 37.9 Å². The number of aromatic nitrogens is 2. The Labute approximate surface area is 130 Å². The van der Waals surface area contributed by atoms with E-state index in [1.165, 1.54) is 24.0 Å². The molecule has 2 rings (SSSR count). The Morgan fingerprint density at radius 2 is 1.70 bits per heavy atom. The third-order valence-corrected chi connectivity index (χ3v) is 3.94. The van der Waals surface area contributed by atoms with Crippen LogP contribution in [-0.2, 0) is 13.2 Å². The highest BCUT2D eigenvalue weighted by Crippen LogP contribution is 2.44. The number of hydrogen-bond donors (Lipinski definition) is 0. The van der Waals surface area contributed by atoms with Crippen molar-refractivity contribution in [2.45, 2.75) is 16.2 Å². The zero-order valence-electron chi connectivity index (χ0n) is 11.3. The van der Waals surface area contributed by atoms with Crippen molar-refractivity contribution in [3.63, 3.8) is 0 Å². The molecule has 0 saturated carbocycles. The first kappa shape index (κ1) is 16.7. The van der Waals surface area contributed by atoms with Crippen molar-refractivity contribution in [3.8, 4) is 0 Å². The molecule has 0 spiro atoms. The Morgan fingerprint density at radius 1 is 1.17 bits per heavy atom. The van der Waals surface area contributed by atoms with E-state index in [4.69, 9.17) is 0 Å². The average molecular weight is 348 g/mol. The molecule has 0 radical (unpaired) electrons. The second-order valence-electron chi connectivity index (χ2n) is 4.28. The van der Waals surface area contributed by atoms with Crippen molar-refractivity contribution >= 4 is 23.1 Å². The molecule has 0 bridgehead atoms. The van der Waals surface area contributed by atoms with Gasteiger partial charge in [0.05, 0.1) is 15.4 Å². The van der Waals surface area contributed by atoms with Crippen LogP contribution in [0.5, 0.6) is 0 Å². The van der Waals surface area contributed by atoms with E-state index >= 15 is 0 Å². The number of nitro groups is 2. The molecule has 0 saturated heterocycles. The summed E-state index contributed by atoms with van der Waals surface area (Å²) < 4.78 is 39.8. The van der Waals surface area contributed by atoms with Crippen molar-refractivity contribution < 1.29 is 23.0 Å². The number of nitro benzene ring substituents is 2. The number of hydrogen-bond acceptors (Lipinski definition) is 6. The quantitative estimate of drug-likeness (QED) is 0.619. The molecular formula is C11H7F3N4O4S.